The van der Waals surface area contributed by atoms with E-state index in [1.165, 1.54) is 0 Å². The van der Waals surface area contributed by atoms with Crippen molar-refractivity contribution in [3.05, 3.63) is 54.0 Å². The number of rotatable bonds is 8. The molecular weight excluding hydrogens is 346 g/mol. The molecule has 3 aromatic rings. The Kier molecular flexibility index (Phi) is 5.80. The minimum atomic E-state index is -0.172. The number of aromatic nitrogens is 2. The number of carbonyl (C=O) groups excluding carboxylic acids is 1. The average molecular weight is 369 g/mol. The molecule has 1 amide bonds. The lowest BCUT2D eigenvalue weighted by Gasteiger charge is -2.09. The highest BCUT2D eigenvalue weighted by Crippen LogP contribution is 2.27. The standard InChI is InChI=1S/C20H23N3O4/c1-4-27-17-6-5-11-23-13-15(22-19(17)23)9-10-21-20(24)14-7-8-16(25-2)18(12-14)26-3/h5-8,11-13H,4,9-10H2,1-3H3,(H,21,24). The molecule has 142 valence electrons. The molecule has 7 nitrogen and oxygen atoms in total. The van der Waals surface area contributed by atoms with Crippen LogP contribution in [0.1, 0.15) is 23.0 Å². The van der Waals surface area contributed by atoms with Gasteiger partial charge in [-0.2, -0.15) is 0 Å². The first-order chi connectivity index (χ1) is 13.2. The number of ether oxygens (including phenoxy) is 3. The van der Waals surface area contributed by atoms with Gasteiger partial charge in [0.1, 0.15) is 0 Å². The zero-order chi connectivity index (χ0) is 19.2. The number of fused-ring (bicyclic) bond motifs is 1. The van der Waals surface area contributed by atoms with Crippen molar-refractivity contribution in [2.75, 3.05) is 27.4 Å². The summed E-state index contributed by atoms with van der Waals surface area (Å²) in [4.78, 5) is 17.0. The third-order valence-corrected chi connectivity index (χ3v) is 4.11. The number of pyridine rings is 1. The third kappa shape index (κ3) is 4.13. The van der Waals surface area contributed by atoms with Crippen LogP contribution in [0.2, 0.25) is 0 Å². The fourth-order valence-corrected chi connectivity index (χ4v) is 2.81. The molecule has 27 heavy (non-hydrogen) atoms. The van der Waals surface area contributed by atoms with Gasteiger partial charge in [-0.3, -0.25) is 4.79 Å². The Morgan fingerprint density at radius 2 is 1.96 bits per heavy atom. The van der Waals surface area contributed by atoms with Gasteiger partial charge in [0.2, 0.25) is 0 Å². The minimum Gasteiger partial charge on any atom is -0.493 e. The molecule has 0 saturated heterocycles. The summed E-state index contributed by atoms with van der Waals surface area (Å²) in [6.07, 6.45) is 4.49. The molecule has 0 saturated carbocycles. The zero-order valence-corrected chi connectivity index (χ0v) is 15.7. The fourth-order valence-electron chi connectivity index (χ4n) is 2.81. The molecule has 1 aromatic carbocycles. The van der Waals surface area contributed by atoms with Crippen LogP contribution in [0.25, 0.3) is 5.65 Å². The fraction of sp³-hybridized carbons (Fsp3) is 0.300. The SMILES string of the molecule is CCOc1cccn2cc(CCNC(=O)c3ccc(OC)c(OC)c3)nc12. The summed E-state index contributed by atoms with van der Waals surface area (Å²) in [6.45, 7) is 3.00. The second-order valence-corrected chi connectivity index (χ2v) is 5.84. The van der Waals surface area contributed by atoms with Crippen molar-refractivity contribution in [2.45, 2.75) is 13.3 Å². The maximum Gasteiger partial charge on any atom is 0.251 e. The summed E-state index contributed by atoms with van der Waals surface area (Å²) in [6, 6.07) is 8.89. The number of nitrogens with zero attached hydrogens (tertiary/aromatic N) is 2. The van der Waals surface area contributed by atoms with E-state index in [9.17, 15) is 4.79 Å². The number of carbonyl (C=O) groups is 1. The van der Waals surface area contributed by atoms with E-state index >= 15 is 0 Å². The number of hydrogen-bond acceptors (Lipinski definition) is 5. The molecule has 0 aliphatic carbocycles. The van der Waals surface area contributed by atoms with Crippen LogP contribution in [-0.4, -0.2) is 42.7 Å². The summed E-state index contributed by atoms with van der Waals surface area (Å²) in [7, 11) is 3.10. The molecule has 0 aliphatic rings. The Bertz CT molecular complexity index is 936. The predicted octanol–water partition coefficient (Wildman–Crippen LogP) is 2.72. The summed E-state index contributed by atoms with van der Waals surface area (Å²) >= 11 is 0. The van der Waals surface area contributed by atoms with Crippen LogP contribution >= 0.6 is 0 Å². The van der Waals surface area contributed by atoms with E-state index in [1.807, 2.05) is 35.9 Å². The number of amides is 1. The lowest BCUT2D eigenvalue weighted by atomic mass is 10.2. The number of nitrogens with one attached hydrogen (secondary N) is 1. The third-order valence-electron chi connectivity index (χ3n) is 4.11. The van der Waals surface area contributed by atoms with Gasteiger partial charge in [0.05, 0.1) is 26.5 Å². The van der Waals surface area contributed by atoms with Crippen LogP contribution in [0.3, 0.4) is 0 Å². The highest BCUT2D eigenvalue weighted by Gasteiger charge is 2.11. The number of imidazole rings is 1. The number of benzene rings is 1. The summed E-state index contributed by atoms with van der Waals surface area (Å²) in [5.41, 5.74) is 2.18. The molecule has 0 spiro atoms. The molecule has 0 atom stereocenters. The first-order valence-corrected chi connectivity index (χ1v) is 8.76. The number of methoxy groups -OCH3 is 2. The first kappa shape index (κ1) is 18.6. The van der Waals surface area contributed by atoms with E-state index < -0.39 is 0 Å². The second-order valence-electron chi connectivity index (χ2n) is 5.84. The number of hydrogen-bond donors (Lipinski definition) is 1. The Labute approximate surface area is 157 Å². The van der Waals surface area contributed by atoms with Gasteiger partial charge in [-0.1, -0.05) is 0 Å². The van der Waals surface area contributed by atoms with E-state index in [0.717, 1.165) is 17.1 Å². The van der Waals surface area contributed by atoms with Crippen molar-refractivity contribution in [3.8, 4) is 17.2 Å². The first-order valence-electron chi connectivity index (χ1n) is 8.76. The highest BCUT2D eigenvalue weighted by molar-refractivity contribution is 5.94. The van der Waals surface area contributed by atoms with Gasteiger partial charge in [0.15, 0.2) is 22.9 Å². The predicted molar refractivity (Wildman–Crippen MR) is 102 cm³/mol. The van der Waals surface area contributed by atoms with Crippen LogP contribution in [0.4, 0.5) is 0 Å². The maximum absolute atomic E-state index is 12.4. The topological polar surface area (TPSA) is 74.1 Å². The van der Waals surface area contributed by atoms with E-state index in [1.54, 1.807) is 32.4 Å². The van der Waals surface area contributed by atoms with Crippen molar-refractivity contribution in [2.24, 2.45) is 0 Å². The van der Waals surface area contributed by atoms with Crippen molar-refractivity contribution >= 4 is 11.6 Å². The maximum atomic E-state index is 12.4. The molecule has 3 rings (SSSR count). The Hall–Kier alpha value is -3.22. The largest absolute Gasteiger partial charge is 0.493 e. The van der Waals surface area contributed by atoms with Gasteiger partial charge in [-0.25, -0.2) is 4.98 Å². The van der Waals surface area contributed by atoms with Crippen molar-refractivity contribution < 1.29 is 19.0 Å². The van der Waals surface area contributed by atoms with Crippen molar-refractivity contribution in [3.63, 3.8) is 0 Å². The van der Waals surface area contributed by atoms with E-state index in [-0.39, 0.29) is 5.91 Å². The van der Waals surface area contributed by atoms with Gasteiger partial charge in [-0.15, -0.1) is 0 Å². The molecule has 2 heterocycles. The molecule has 2 aromatic heterocycles. The van der Waals surface area contributed by atoms with Crippen molar-refractivity contribution in [1.29, 1.82) is 0 Å². The molecule has 0 fully saturated rings. The van der Waals surface area contributed by atoms with Gasteiger partial charge in [0.25, 0.3) is 5.91 Å². The highest BCUT2D eigenvalue weighted by atomic mass is 16.5. The molecule has 0 bridgehead atoms. The van der Waals surface area contributed by atoms with Crippen LogP contribution in [0.5, 0.6) is 17.2 Å². The molecule has 7 heteroatoms. The second kappa shape index (κ2) is 8.44. The summed E-state index contributed by atoms with van der Waals surface area (Å²) in [5.74, 6) is 1.69. The van der Waals surface area contributed by atoms with Crippen LogP contribution in [0, 0.1) is 0 Å². The monoisotopic (exact) mass is 369 g/mol. The van der Waals surface area contributed by atoms with Crippen LogP contribution in [-0.2, 0) is 6.42 Å². The van der Waals surface area contributed by atoms with Crippen molar-refractivity contribution in [1.82, 2.24) is 14.7 Å². The van der Waals surface area contributed by atoms with Crippen LogP contribution < -0.4 is 19.5 Å². The van der Waals surface area contributed by atoms with Gasteiger partial charge >= 0.3 is 0 Å². The Balaban J connectivity index is 1.63. The van der Waals surface area contributed by atoms with E-state index in [4.69, 9.17) is 14.2 Å². The van der Waals surface area contributed by atoms with Crippen LogP contribution in [0.15, 0.2) is 42.7 Å². The average Bonchev–Trinajstić information content (AvgIpc) is 3.11. The normalized spacial score (nSPS) is 10.6. The minimum absolute atomic E-state index is 0.172. The summed E-state index contributed by atoms with van der Waals surface area (Å²) in [5, 5.41) is 2.90. The van der Waals surface area contributed by atoms with Gasteiger partial charge < -0.3 is 23.9 Å². The lowest BCUT2D eigenvalue weighted by molar-refractivity contribution is 0.0953. The smallest absolute Gasteiger partial charge is 0.251 e. The molecule has 0 aliphatic heterocycles. The van der Waals surface area contributed by atoms with E-state index in [0.29, 0.717) is 36.6 Å². The van der Waals surface area contributed by atoms with E-state index in [2.05, 4.69) is 10.3 Å². The molecule has 0 unspecified atom stereocenters. The Morgan fingerprint density at radius 3 is 2.70 bits per heavy atom. The van der Waals surface area contributed by atoms with Gasteiger partial charge in [0, 0.05) is 30.9 Å². The molecule has 1 N–H and O–H groups in total. The molecule has 0 radical (unpaired) electrons. The summed E-state index contributed by atoms with van der Waals surface area (Å²) < 4.78 is 17.9. The molecular formula is C20H23N3O4. The quantitative estimate of drug-likeness (QED) is 0.661. The zero-order valence-electron chi connectivity index (χ0n) is 15.7. The lowest BCUT2D eigenvalue weighted by Crippen LogP contribution is -2.25. The van der Waals surface area contributed by atoms with Gasteiger partial charge in [-0.05, 0) is 37.3 Å². The Morgan fingerprint density at radius 1 is 1.15 bits per heavy atom.